The SMILES string of the molecule is CCCCC(F)(F)C(=O)CC[C@@H]1C(C/C=C\CCCC(=O)OC)C(=O)C[C@H]1S.CCCCC(F)(F)C(=O)CC[C@H]1C=CC(=O)C1C/C=C\CCCC(=O)OC.CCCCC(F)(F)C1(CC[C@@H]2C(C/C=C\CCCC(=O)OC)[C@@H](O)C[C@H]2O)OCCO1.CCCCC(F)(F)C1(O)CC[C@@H]2C(C/C=C\CCCC(=O)OC)C(=O)C[C@H]2S1.OO.[Ac]. The first-order valence-electron chi connectivity index (χ1n) is 41.7. The smallest absolute Gasteiger partial charge is 0.305 e. The van der Waals surface area contributed by atoms with Crippen molar-refractivity contribution in [1.82, 2.24) is 0 Å². The molecule has 13 atom stereocenters. The zero-order chi connectivity index (χ0) is 87.1. The number of ether oxygens (including phenoxy) is 6. The number of rotatable bonds is 49. The third kappa shape index (κ3) is 38.9. The van der Waals surface area contributed by atoms with Gasteiger partial charge in [0.05, 0.1) is 53.9 Å². The number of aliphatic hydroxyl groups is 3. The number of esters is 4. The molecule has 1 radical (unpaired) electrons. The normalized spacial score (nSPS) is 24.9. The molecule has 0 aromatic heterocycles. The number of ketones is 5. The van der Waals surface area contributed by atoms with Gasteiger partial charge in [0, 0.05) is 156 Å². The minimum atomic E-state index is -3.28. The number of hydrogen-bond acceptors (Lipinski definition) is 22. The first-order valence-corrected chi connectivity index (χ1v) is 43.1. The molecule has 31 heteroatoms. The van der Waals surface area contributed by atoms with Crippen molar-refractivity contribution in [3.05, 3.63) is 60.8 Å². The molecule has 669 valence electrons. The number of thioether (sulfide) groups is 1. The van der Waals surface area contributed by atoms with Gasteiger partial charge in [-0.3, -0.25) is 53.7 Å². The molecule has 6 rings (SSSR count). The Morgan fingerprint density at radius 2 is 0.923 bits per heavy atom. The summed E-state index contributed by atoms with van der Waals surface area (Å²) >= 11 is 5.39. The number of aliphatic hydroxyl groups excluding tert-OH is 2. The Morgan fingerprint density at radius 3 is 1.38 bits per heavy atom. The van der Waals surface area contributed by atoms with E-state index in [-0.39, 0.29) is 221 Å². The van der Waals surface area contributed by atoms with Gasteiger partial charge in [0.1, 0.15) is 11.6 Å². The van der Waals surface area contributed by atoms with Gasteiger partial charge in [0.25, 0.3) is 5.92 Å². The number of fused-ring (bicyclic) bond motifs is 1. The van der Waals surface area contributed by atoms with Gasteiger partial charge in [-0.1, -0.05) is 108 Å². The molecule has 5 N–H and O–H groups in total. The number of hydrogen-bond donors (Lipinski definition) is 6. The quantitative estimate of drug-likeness (QED) is 0.00482. The summed E-state index contributed by atoms with van der Waals surface area (Å²) in [5, 5.41) is 43.1. The van der Waals surface area contributed by atoms with Crippen molar-refractivity contribution in [3.8, 4) is 0 Å². The van der Waals surface area contributed by atoms with Crippen molar-refractivity contribution in [3.63, 3.8) is 0 Å². The van der Waals surface area contributed by atoms with Crippen LogP contribution >= 0.6 is 24.4 Å². The van der Waals surface area contributed by atoms with E-state index in [1.807, 2.05) is 76.3 Å². The topological polar surface area (TPSA) is 310 Å². The first kappa shape index (κ1) is 111. The van der Waals surface area contributed by atoms with Crippen LogP contribution < -0.4 is 0 Å². The fourth-order valence-electron chi connectivity index (χ4n) is 15.5. The Hall–Kier alpha value is -3.77. The number of alkyl halides is 8. The molecular weight excluding hydrogens is 1800 g/mol. The molecule has 0 spiro atoms. The molecule has 5 unspecified atom stereocenters. The molecule has 0 bridgehead atoms. The summed E-state index contributed by atoms with van der Waals surface area (Å²) in [6, 6.07) is 0. The number of methoxy groups -OCH3 is 4. The van der Waals surface area contributed by atoms with Crippen molar-refractivity contribution < 1.29 is 177 Å². The van der Waals surface area contributed by atoms with Crippen LogP contribution in [0.15, 0.2) is 60.8 Å². The van der Waals surface area contributed by atoms with Crippen LogP contribution in [0.4, 0.5) is 35.1 Å². The van der Waals surface area contributed by atoms with Gasteiger partial charge in [0.2, 0.25) is 17.4 Å². The van der Waals surface area contributed by atoms with E-state index in [1.54, 1.807) is 6.08 Å². The maximum atomic E-state index is 14.9. The molecule has 2 heterocycles. The average Bonchev–Trinajstić information content (AvgIpc) is 1.68. The molecule has 20 nitrogen and oxygen atoms in total. The standard InChI is InChI=1S/C23H38F2O6.2C21H32F2O4S.C21H30F2O4.Ac.H2O2/c1-3-4-12-22(24,25)23(30-14-15-31-23)13-11-18-17(19(26)16-20(18)27)9-7-5-6-8-10-21(28)29-2;1-3-4-12-20(22,23)21(26)13-11-16-15(17(24)14-18(16)28-21)9-7-5-6-8-10-19(25)27-2;1-3-4-13-21(22,23)19(25)12-11-16-15(17(24)14-18(16)28)9-7-5-6-8-10-20(26)27-2;1-3-4-15-21(22,23)19(25)14-12-16-11-13-18(24)17(16)9-7-5-6-8-10-20(26)27-2;;1-2/h5,7,17-20,26-27H,3-4,6,8-16H2,1-2H3;5,7,15-16,18,26H,3-4,6,8-14H2,1-2H3;5,7,15-16,18,28H,3-4,6,8-14H2,1-2H3;5,7,11,13,16-17H,3-4,6,8-10,12,14-15H2,1-2H3;;1-2H/b4*7-5-;;/t17?,18-,19+,20-;15?,16-,18-,21?;15?,16-,18-;16-,17?;;/m1111../s1. The minimum absolute atomic E-state index is 0. The number of carbonyl (C=O) groups is 9. The van der Waals surface area contributed by atoms with E-state index >= 15 is 0 Å². The van der Waals surface area contributed by atoms with E-state index in [0.29, 0.717) is 167 Å². The fourth-order valence-corrected chi connectivity index (χ4v) is 17.8. The summed E-state index contributed by atoms with van der Waals surface area (Å²) in [7, 11) is 5.42. The third-order valence-corrected chi connectivity index (χ3v) is 25.0. The van der Waals surface area contributed by atoms with Crippen LogP contribution in [0.5, 0.6) is 0 Å². The van der Waals surface area contributed by atoms with Crippen LogP contribution in [-0.4, -0.2) is 177 Å². The van der Waals surface area contributed by atoms with Crippen molar-refractivity contribution in [1.29, 1.82) is 0 Å². The Kier molecular flexibility index (Phi) is 56.2. The van der Waals surface area contributed by atoms with Crippen molar-refractivity contribution in [2.75, 3.05) is 41.7 Å². The first-order chi connectivity index (χ1) is 55.0. The zero-order valence-corrected chi connectivity index (χ0v) is 76.5. The number of halogens is 8. The number of thiol groups is 1. The Labute approximate surface area is 733 Å². The Balaban J connectivity index is 0.000000773. The monoisotopic (exact) mass is 1930 g/mol. The van der Waals surface area contributed by atoms with Crippen LogP contribution in [0.25, 0.3) is 0 Å². The van der Waals surface area contributed by atoms with Gasteiger partial charge in [0.15, 0.2) is 10.7 Å². The van der Waals surface area contributed by atoms with E-state index in [9.17, 15) is 93.6 Å². The van der Waals surface area contributed by atoms with Gasteiger partial charge in [-0.15, -0.1) is 11.8 Å². The van der Waals surface area contributed by atoms with Crippen LogP contribution in [0.1, 0.15) is 278 Å². The summed E-state index contributed by atoms with van der Waals surface area (Å²) in [5.41, 5.74) is 0. The third-order valence-electron chi connectivity index (χ3n) is 22.7. The van der Waals surface area contributed by atoms with Gasteiger partial charge < -0.3 is 43.7 Å². The van der Waals surface area contributed by atoms with Gasteiger partial charge in [-0.25, -0.2) is 17.6 Å². The van der Waals surface area contributed by atoms with E-state index in [4.69, 9.17) is 20.0 Å². The van der Waals surface area contributed by atoms with Crippen molar-refractivity contribution in [2.24, 2.45) is 47.3 Å². The molecule has 6 aliphatic rings. The summed E-state index contributed by atoms with van der Waals surface area (Å²) in [6.07, 6.45) is 30.6. The Morgan fingerprint density at radius 1 is 0.521 bits per heavy atom. The molecule has 4 aliphatic carbocycles. The second-order valence-corrected chi connectivity index (χ2v) is 33.2. The minimum Gasteiger partial charge on any atom is -0.469 e. The summed E-state index contributed by atoms with van der Waals surface area (Å²) in [6.45, 7) is 7.60. The zero-order valence-electron chi connectivity index (χ0n) is 70.0. The maximum Gasteiger partial charge on any atom is 0.305 e. The number of unbranched alkanes of at least 4 members (excludes halogenated alkanes) is 8. The number of allylic oxidation sites excluding steroid dienone is 10. The predicted octanol–water partition coefficient (Wildman–Crippen LogP) is 18.7. The second-order valence-electron chi connectivity index (χ2n) is 31.0. The predicted molar refractivity (Wildman–Crippen MR) is 430 cm³/mol. The molecule has 0 aromatic rings. The van der Waals surface area contributed by atoms with Gasteiger partial charge >= 0.3 is 41.6 Å². The largest absolute Gasteiger partial charge is 0.469 e. The van der Waals surface area contributed by atoms with Gasteiger partial charge in [-0.05, 0) is 177 Å². The molecule has 3 saturated carbocycles. The van der Waals surface area contributed by atoms with Crippen LogP contribution in [0.2, 0.25) is 0 Å². The number of carbonyl (C=O) groups excluding carboxylic acids is 9. The molecule has 2 saturated heterocycles. The van der Waals surface area contributed by atoms with Crippen LogP contribution in [0.3, 0.4) is 0 Å². The van der Waals surface area contributed by atoms with Crippen LogP contribution in [-0.2, 0) is 71.6 Å². The number of Topliss-reactive ketones (excluding diaryl/α,β-unsaturated/α-hetero) is 4. The maximum absolute atomic E-state index is 14.9. The summed E-state index contributed by atoms with van der Waals surface area (Å²) < 4.78 is 143. The van der Waals surface area contributed by atoms with E-state index < -0.39 is 71.0 Å². The molecule has 0 amide bonds. The van der Waals surface area contributed by atoms with Crippen LogP contribution in [0, 0.1) is 91.4 Å². The Bertz CT molecular complexity index is 3100. The molecule has 117 heavy (non-hydrogen) atoms. The van der Waals surface area contributed by atoms with Crippen molar-refractivity contribution >= 4 is 77.2 Å². The molecular formula is C86H134AcF8O20S2. The van der Waals surface area contributed by atoms with E-state index in [1.165, 1.54) is 34.5 Å². The van der Waals surface area contributed by atoms with Gasteiger partial charge in [-0.2, -0.15) is 30.2 Å². The summed E-state index contributed by atoms with van der Waals surface area (Å²) in [4.78, 5) is 103. The fraction of sp³-hybridized carbons (Fsp3) is 0.779. The molecule has 5 fully saturated rings. The summed E-state index contributed by atoms with van der Waals surface area (Å²) in [5.74, 6) is -19.1. The average molecular weight is 1930 g/mol. The molecule has 0 aromatic carbocycles. The second kappa shape index (κ2) is 59.1. The molecule has 2 aliphatic heterocycles. The van der Waals surface area contributed by atoms with E-state index in [2.05, 4.69) is 31.6 Å². The van der Waals surface area contributed by atoms with E-state index in [0.717, 1.165) is 18.2 Å². The van der Waals surface area contributed by atoms with Crippen molar-refractivity contribution in [2.45, 2.75) is 335 Å².